The molecule has 0 heterocycles. The van der Waals surface area contributed by atoms with Gasteiger partial charge in [0.2, 0.25) is 0 Å². The number of carboxylic acid groups (broad SMARTS) is 1. The molecule has 0 aliphatic carbocycles. The number of anilines is 1. The van der Waals surface area contributed by atoms with Gasteiger partial charge in [0.15, 0.2) is 0 Å². The van der Waals surface area contributed by atoms with E-state index in [4.69, 9.17) is 5.11 Å². The second kappa shape index (κ2) is 6.64. The molecule has 0 aliphatic rings. The molecule has 2 amide bonds. The first kappa shape index (κ1) is 14.0. The van der Waals surface area contributed by atoms with Gasteiger partial charge in [-0.05, 0) is 26.0 Å². The molecule has 0 unspecified atom stereocenters. The molecule has 1 rings (SSSR count). The number of carboxylic acids is 1. The van der Waals surface area contributed by atoms with Crippen LogP contribution in [-0.2, 0) is 4.79 Å². The number of aryl methyl sites for hydroxylation is 1. The summed E-state index contributed by atoms with van der Waals surface area (Å²) in [5.74, 6) is -0.920. The van der Waals surface area contributed by atoms with Crippen molar-refractivity contribution in [2.24, 2.45) is 0 Å². The van der Waals surface area contributed by atoms with Crippen molar-refractivity contribution in [2.75, 3.05) is 18.0 Å². The van der Waals surface area contributed by atoms with Gasteiger partial charge in [0.1, 0.15) is 0 Å². The third-order valence-corrected chi connectivity index (χ3v) is 2.47. The molecule has 1 aromatic rings. The molecule has 0 atom stereocenters. The Morgan fingerprint density at radius 3 is 2.39 bits per heavy atom. The van der Waals surface area contributed by atoms with Crippen LogP contribution in [0.1, 0.15) is 18.9 Å². The van der Waals surface area contributed by atoms with Crippen molar-refractivity contribution in [3.63, 3.8) is 0 Å². The smallest absolute Gasteiger partial charge is 0.321 e. The number of hydrogen-bond donors (Lipinski definition) is 2. The number of benzene rings is 1. The molecule has 0 radical (unpaired) electrons. The largest absolute Gasteiger partial charge is 0.481 e. The van der Waals surface area contributed by atoms with Crippen molar-refractivity contribution < 1.29 is 14.7 Å². The Kier molecular flexibility index (Phi) is 5.17. The molecule has 0 bridgehead atoms. The van der Waals surface area contributed by atoms with E-state index in [1.54, 1.807) is 0 Å². The van der Waals surface area contributed by atoms with Crippen molar-refractivity contribution >= 4 is 17.7 Å². The predicted octanol–water partition coefficient (Wildman–Crippen LogP) is 2.01. The van der Waals surface area contributed by atoms with E-state index in [2.05, 4.69) is 5.32 Å². The number of rotatable bonds is 5. The van der Waals surface area contributed by atoms with Gasteiger partial charge in [-0.3, -0.25) is 9.69 Å². The van der Waals surface area contributed by atoms with Gasteiger partial charge in [0, 0.05) is 18.8 Å². The number of nitrogens with zero attached hydrogens (tertiary/aromatic N) is 1. The SMILES string of the molecule is CCNC(=O)N(CCC(=O)O)c1ccc(C)cc1. The van der Waals surface area contributed by atoms with Crippen LogP contribution < -0.4 is 10.2 Å². The van der Waals surface area contributed by atoms with E-state index in [9.17, 15) is 9.59 Å². The minimum Gasteiger partial charge on any atom is -0.481 e. The van der Waals surface area contributed by atoms with Crippen LogP contribution in [0.25, 0.3) is 0 Å². The molecular weight excluding hydrogens is 232 g/mol. The topological polar surface area (TPSA) is 69.6 Å². The minimum absolute atomic E-state index is 0.0784. The highest BCUT2D eigenvalue weighted by atomic mass is 16.4. The zero-order valence-corrected chi connectivity index (χ0v) is 10.6. The molecule has 0 spiro atoms. The standard InChI is InChI=1S/C13H18N2O3/c1-3-14-13(18)15(9-8-12(16)17)11-6-4-10(2)5-7-11/h4-7H,3,8-9H2,1-2H3,(H,14,18)(H,16,17). The normalized spacial score (nSPS) is 9.89. The van der Waals surface area contributed by atoms with Gasteiger partial charge in [-0.2, -0.15) is 0 Å². The predicted molar refractivity (Wildman–Crippen MR) is 69.9 cm³/mol. The lowest BCUT2D eigenvalue weighted by molar-refractivity contribution is -0.136. The minimum atomic E-state index is -0.920. The summed E-state index contributed by atoms with van der Waals surface area (Å²) in [5.41, 5.74) is 1.79. The Morgan fingerprint density at radius 1 is 1.28 bits per heavy atom. The monoisotopic (exact) mass is 250 g/mol. The maximum Gasteiger partial charge on any atom is 0.321 e. The van der Waals surface area contributed by atoms with Crippen LogP contribution in [-0.4, -0.2) is 30.2 Å². The van der Waals surface area contributed by atoms with Crippen molar-refractivity contribution in [1.82, 2.24) is 5.32 Å². The van der Waals surface area contributed by atoms with Gasteiger partial charge in [-0.1, -0.05) is 17.7 Å². The quantitative estimate of drug-likeness (QED) is 0.839. The third-order valence-electron chi connectivity index (χ3n) is 2.47. The van der Waals surface area contributed by atoms with Crippen LogP contribution in [0.5, 0.6) is 0 Å². The maximum atomic E-state index is 11.9. The molecule has 0 fully saturated rings. The molecule has 0 saturated carbocycles. The zero-order chi connectivity index (χ0) is 13.5. The summed E-state index contributed by atoms with van der Waals surface area (Å²) in [6, 6.07) is 7.13. The molecule has 1 aromatic carbocycles. The highest BCUT2D eigenvalue weighted by molar-refractivity contribution is 5.92. The third kappa shape index (κ3) is 4.08. The molecule has 2 N–H and O–H groups in total. The van der Waals surface area contributed by atoms with Gasteiger partial charge >= 0.3 is 12.0 Å². The number of aliphatic carboxylic acids is 1. The molecule has 0 aliphatic heterocycles. The van der Waals surface area contributed by atoms with Crippen molar-refractivity contribution in [1.29, 1.82) is 0 Å². The molecule has 5 nitrogen and oxygen atoms in total. The fourth-order valence-corrected chi connectivity index (χ4v) is 1.53. The zero-order valence-electron chi connectivity index (χ0n) is 10.6. The number of carbonyl (C=O) groups excluding carboxylic acids is 1. The van der Waals surface area contributed by atoms with Crippen LogP contribution in [0.15, 0.2) is 24.3 Å². The summed E-state index contributed by atoms with van der Waals surface area (Å²) in [6.07, 6.45) is -0.0784. The van der Waals surface area contributed by atoms with Gasteiger partial charge in [-0.15, -0.1) is 0 Å². The Hall–Kier alpha value is -2.04. The van der Waals surface area contributed by atoms with E-state index in [-0.39, 0.29) is 19.0 Å². The Morgan fingerprint density at radius 2 is 1.89 bits per heavy atom. The Bertz CT molecular complexity index is 415. The van der Waals surface area contributed by atoms with Crippen LogP contribution in [0, 0.1) is 6.92 Å². The van der Waals surface area contributed by atoms with Crippen molar-refractivity contribution in [3.8, 4) is 0 Å². The van der Waals surface area contributed by atoms with E-state index in [0.29, 0.717) is 12.2 Å². The summed E-state index contributed by atoms with van der Waals surface area (Å²) in [4.78, 5) is 23.9. The first-order chi connectivity index (χ1) is 8.54. The van der Waals surface area contributed by atoms with E-state index in [1.165, 1.54) is 4.90 Å². The van der Waals surface area contributed by atoms with Crippen LogP contribution in [0.3, 0.4) is 0 Å². The fraction of sp³-hybridized carbons (Fsp3) is 0.385. The maximum absolute atomic E-state index is 11.9. The lowest BCUT2D eigenvalue weighted by Crippen LogP contribution is -2.41. The molecule has 5 heteroatoms. The highest BCUT2D eigenvalue weighted by Crippen LogP contribution is 2.15. The van der Waals surface area contributed by atoms with Crippen molar-refractivity contribution in [3.05, 3.63) is 29.8 Å². The Labute approximate surface area is 106 Å². The van der Waals surface area contributed by atoms with Gasteiger partial charge in [-0.25, -0.2) is 4.79 Å². The number of hydrogen-bond acceptors (Lipinski definition) is 2. The molecular formula is C13H18N2O3. The Balaban J connectivity index is 2.85. The lowest BCUT2D eigenvalue weighted by Gasteiger charge is -2.22. The molecule has 0 saturated heterocycles. The number of urea groups is 1. The molecule has 98 valence electrons. The number of amides is 2. The lowest BCUT2D eigenvalue weighted by atomic mass is 10.2. The van der Waals surface area contributed by atoms with Crippen LogP contribution in [0.4, 0.5) is 10.5 Å². The summed E-state index contributed by atoms with van der Waals surface area (Å²) < 4.78 is 0. The average molecular weight is 250 g/mol. The number of nitrogens with one attached hydrogen (secondary N) is 1. The highest BCUT2D eigenvalue weighted by Gasteiger charge is 2.15. The van der Waals surface area contributed by atoms with Crippen molar-refractivity contribution in [2.45, 2.75) is 20.3 Å². The van der Waals surface area contributed by atoms with E-state index in [0.717, 1.165) is 5.56 Å². The fourth-order valence-electron chi connectivity index (χ4n) is 1.53. The van der Waals surface area contributed by atoms with Gasteiger partial charge in [0.05, 0.1) is 6.42 Å². The van der Waals surface area contributed by atoms with E-state index < -0.39 is 5.97 Å². The molecule has 18 heavy (non-hydrogen) atoms. The summed E-state index contributed by atoms with van der Waals surface area (Å²) in [6.45, 7) is 4.44. The van der Waals surface area contributed by atoms with Crippen LogP contribution >= 0.6 is 0 Å². The summed E-state index contributed by atoms with van der Waals surface area (Å²) in [7, 11) is 0. The number of carbonyl (C=O) groups is 2. The van der Waals surface area contributed by atoms with E-state index in [1.807, 2.05) is 38.1 Å². The van der Waals surface area contributed by atoms with Gasteiger partial charge in [0.25, 0.3) is 0 Å². The summed E-state index contributed by atoms with van der Waals surface area (Å²) in [5, 5.41) is 11.4. The van der Waals surface area contributed by atoms with Crippen LogP contribution in [0.2, 0.25) is 0 Å². The van der Waals surface area contributed by atoms with Gasteiger partial charge < -0.3 is 10.4 Å². The first-order valence-electron chi connectivity index (χ1n) is 5.88. The summed E-state index contributed by atoms with van der Waals surface area (Å²) >= 11 is 0. The first-order valence-corrected chi connectivity index (χ1v) is 5.88. The second-order valence-corrected chi connectivity index (χ2v) is 3.97. The average Bonchev–Trinajstić information content (AvgIpc) is 2.31. The van der Waals surface area contributed by atoms with E-state index >= 15 is 0 Å². The second-order valence-electron chi connectivity index (χ2n) is 3.97. The molecule has 0 aromatic heterocycles.